The van der Waals surface area contributed by atoms with Crippen molar-refractivity contribution < 1.29 is 9.90 Å². The quantitative estimate of drug-likeness (QED) is 0.761. The van der Waals surface area contributed by atoms with E-state index < -0.39 is 17.6 Å². The summed E-state index contributed by atoms with van der Waals surface area (Å²) in [6.07, 6.45) is 4.14. The number of allylic oxidation sites excluding steroid dienone is 2. The topological polar surface area (TPSA) is 40.5 Å². The van der Waals surface area contributed by atoms with Crippen molar-refractivity contribution in [2.75, 3.05) is 7.05 Å². The molecular weight excluding hydrogens is 262 g/mol. The molecule has 0 aliphatic rings. The minimum Gasteiger partial charge on any atom is -0.391 e. The molecule has 1 N–H and O–H groups in total. The Balaban J connectivity index is 5.46. The Hall–Kier alpha value is -0.670. The van der Waals surface area contributed by atoms with Gasteiger partial charge in [-0.2, -0.15) is 0 Å². The van der Waals surface area contributed by atoms with Crippen molar-refractivity contribution in [3.05, 3.63) is 12.2 Å². The lowest BCUT2D eigenvalue weighted by atomic mass is 9.79. The number of carbonyl (C=O) groups is 1. The molecular formula is C18H35NO2. The lowest BCUT2D eigenvalue weighted by molar-refractivity contribution is -0.140. The Morgan fingerprint density at radius 2 is 1.67 bits per heavy atom. The summed E-state index contributed by atoms with van der Waals surface area (Å²) in [5.41, 5.74) is -0.641. The van der Waals surface area contributed by atoms with E-state index in [0.717, 1.165) is 6.42 Å². The molecule has 0 aliphatic heterocycles. The van der Waals surface area contributed by atoms with Gasteiger partial charge in [0.25, 0.3) is 0 Å². The normalized spacial score (nSPS) is 18.0. The average molecular weight is 297 g/mol. The van der Waals surface area contributed by atoms with Gasteiger partial charge < -0.3 is 5.11 Å². The summed E-state index contributed by atoms with van der Waals surface area (Å²) in [7, 11) is 1.93. The molecule has 0 bridgehead atoms. The number of hydrogen-bond acceptors (Lipinski definition) is 3. The molecule has 3 nitrogen and oxygen atoms in total. The zero-order valence-electron chi connectivity index (χ0n) is 15.4. The molecule has 0 amide bonds. The van der Waals surface area contributed by atoms with Gasteiger partial charge in [-0.3, -0.25) is 9.69 Å². The molecule has 0 heterocycles. The first kappa shape index (κ1) is 20.3. The Kier molecular flexibility index (Phi) is 7.31. The van der Waals surface area contributed by atoms with E-state index in [1.807, 2.05) is 58.7 Å². The number of carbonyl (C=O) groups excluding carboxylic acids is 1. The van der Waals surface area contributed by atoms with E-state index in [2.05, 4.69) is 20.8 Å². The van der Waals surface area contributed by atoms with Gasteiger partial charge in [0.15, 0.2) is 5.78 Å². The van der Waals surface area contributed by atoms with Crippen molar-refractivity contribution in [3.63, 3.8) is 0 Å². The smallest absolute Gasteiger partial charge is 0.157 e. The number of aliphatic hydroxyl groups is 1. The zero-order chi connectivity index (χ0) is 17.0. The molecule has 0 aromatic heterocycles. The van der Waals surface area contributed by atoms with Gasteiger partial charge >= 0.3 is 0 Å². The molecule has 21 heavy (non-hydrogen) atoms. The van der Waals surface area contributed by atoms with Crippen LogP contribution in [0.5, 0.6) is 0 Å². The van der Waals surface area contributed by atoms with Gasteiger partial charge in [-0.25, -0.2) is 0 Å². The third-order valence-corrected chi connectivity index (χ3v) is 4.13. The maximum Gasteiger partial charge on any atom is 0.157 e. The maximum atomic E-state index is 12.9. The molecule has 0 aliphatic carbocycles. The molecule has 0 aromatic carbocycles. The molecule has 0 aromatic rings. The first-order chi connectivity index (χ1) is 9.34. The SMILES string of the molecule is C/C=C/CC(C)C(O)C(C(=O)C(C)(C)C)N(C)C(C)(C)C. The van der Waals surface area contributed by atoms with E-state index in [9.17, 15) is 9.90 Å². The highest BCUT2D eigenvalue weighted by Gasteiger charge is 2.41. The number of Topliss-reactive ketones (excluding diaryl/α,β-unsaturated/α-hetero) is 1. The number of aliphatic hydroxyl groups excluding tert-OH is 1. The first-order valence-corrected chi connectivity index (χ1v) is 7.90. The monoisotopic (exact) mass is 297 g/mol. The lowest BCUT2D eigenvalue weighted by Gasteiger charge is -2.43. The molecule has 0 fully saturated rings. The van der Waals surface area contributed by atoms with Crippen LogP contribution < -0.4 is 0 Å². The fraction of sp³-hybridized carbons (Fsp3) is 0.833. The van der Waals surface area contributed by atoms with E-state index in [0.29, 0.717) is 0 Å². The van der Waals surface area contributed by atoms with Crippen LogP contribution in [0, 0.1) is 11.3 Å². The van der Waals surface area contributed by atoms with E-state index >= 15 is 0 Å². The summed E-state index contributed by atoms with van der Waals surface area (Å²) in [5, 5.41) is 10.8. The molecule has 0 saturated heterocycles. The summed E-state index contributed by atoms with van der Waals surface area (Å²) >= 11 is 0. The van der Waals surface area contributed by atoms with Gasteiger partial charge in [0.2, 0.25) is 0 Å². The second-order valence-corrected chi connectivity index (χ2v) is 8.11. The van der Waals surface area contributed by atoms with Crippen LogP contribution in [0.25, 0.3) is 0 Å². The predicted octanol–water partition coefficient (Wildman–Crippen LogP) is 3.66. The molecule has 124 valence electrons. The molecule has 0 radical (unpaired) electrons. The van der Waals surface area contributed by atoms with Crippen LogP contribution in [0.1, 0.15) is 61.8 Å². The van der Waals surface area contributed by atoms with Crippen molar-refractivity contribution >= 4 is 5.78 Å². The van der Waals surface area contributed by atoms with Gasteiger partial charge in [0, 0.05) is 11.0 Å². The van der Waals surface area contributed by atoms with Crippen LogP contribution >= 0.6 is 0 Å². The number of nitrogens with zero attached hydrogens (tertiary/aromatic N) is 1. The minimum atomic E-state index is -0.669. The molecule has 3 atom stereocenters. The van der Waals surface area contributed by atoms with Crippen molar-refractivity contribution in [2.45, 2.75) is 79.5 Å². The Bertz CT molecular complexity index is 360. The molecule has 0 saturated carbocycles. The second kappa shape index (κ2) is 7.55. The number of ketones is 1. The van der Waals surface area contributed by atoms with Gasteiger partial charge in [0.05, 0.1) is 12.1 Å². The van der Waals surface area contributed by atoms with Crippen LogP contribution in [-0.4, -0.2) is 40.5 Å². The van der Waals surface area contributed by atoms with E-state index in [1.54, 1.807) is 0 Å². The average Bonchev–Trinajstić information content (AvgIpc) is 2.33. The van der Waals surface area contributed by atoms with Crippen molar-refractivity contribution in [1.82, 2.24) is 4.90 Å². The Morgan fingerprint density at radius 3 is 2.00 bits per heavy atom. The van der Waals surface area contributed by atoms with E-state index in [-0.39, 0.29) is 17.2 Å². The molecule has 0 rings (SSSR count). The van der Waals surface area contributed by atoms with E-state index in [1.165, 1.54) is 0 Å². The van der Waals surface area contributed by atoms with Crippen LogP contribution in [-0.2, 0) is 4.79 Å². The molecule has 3 heteroatoms. The Labute approximate surface area is 131 Å². The van der Waals surface area contributed by atoms with Gasteiger partial charge in [-0.05, 0) is 47.1 Å². The van der Waals surface area contributed by atoms with Crippen LogP contribution in [0.15, 0.2) is 12.2 Å². The maximum absolute atomic E-state index is 12.9. The minimum absolute atomic E-state index is 0.0438. The fourth-order valence-corrected chi connectivity index (χ4v) is 2.22. The summed E-state index contributed by atoms with van der Waals surface area (Å²) in [4.78, 5) is 14.9. The van der Waals surface area contributed by atoms with Gasteiger partial charge in [0.1, 0.15) is 0 Å². The summed E-state index contributed by atoms with van der Waals surface area (Å²) in [6, 6.07) is -0.481. The van der Waals surface area contributed by atoms with E-state index in [4.69, 9.17) is 0 Å². The summed E-state index contributed by atoms with van der Waals surface area (Å²) < 4.78 is 0. The van der Waals surface area contributed by atoms with Crippen molar-refractivity contribution in [3.8, 4) is 0 Å². The largest absolute Gasteiger partial charge is 0.391 e. The second-order valence-electron chi connectivity index (χ2n) is 8.11. The van der Waals surface area contributed by atoms with Gasteiger partial charge in [-0.15, -0.1) is 0 Å². The number of hydrogen-bond donors (Lipinski definition) is 1. The number of rotatable bonds is 6. The fourth-order valence-electron chi connectivity index (χ4n) is 2.22. The van der Waals surface area contributed by atoms with Crippen LogP contribution in [0.2, 0.25) is 0 Å². The Morgan fingerprint density at radius 1 is 1.19 bits per heavy atom. The molecule has 3 unspecified atom stereocenters. The lowest BCUT2D eigenvalue weighted by Crippen LogP contribution is -2.58. The van der Waals surface area contributed by atoms with Crippen LogP contribution in [0.3, 0.4) is 0 Å². The summed E-state index contributed by atoms with van der Waals surface area (Å²) in [5.74, 6) is 0.141. The standard InChI is InChI=1S/C18H35NO2/c1-10-11-12-13(2)15(20)14(16(21)17(3,4)5)19(9)18(6,7)8/h10-11,13-15,20H,12H2,1-9H3/b11-10+. The zero-order valence-corrected chi connectivity index (χ0v) is 15.4. The number of likely N-dealkylation sites (N-methyl/N-ethyl adjacent to an activating group) is 1. The van der Waals surface area contributed by atoms with Crippen molar-refractivity contribution in [2.24, 2.45) is 11.3 Å². The highest BCUT2D eigenvalue weighted by molar-refractivity contribution is 5.89. The van der Waals surface area contributed by atoms with Crippen molar-refractivity contribution in [1.29, 1.82) is 0 Å². The summed E-state index contributed by atoms with van der Waals surface area (Å²) in [6.45, 7) is 15.9. The predicted molar refractivity (Wildman–Crippen MR) is 90.4 cm³/mol. The van der Waals surface area contributed by atoms with Crippen LogP contribution in [0.4, 0.5) is 0 Å². The highest BCUT2D eigenvalue weighted by atomic mass is 16.3. The molecule has 0 spiro atoms. The third-order valence-electron chi connectivity index (χ3n) is 4.13. The first-order valence-electron chi connectivity index (χ1n) is 7.90. The van der Waals surface area contributed by atoms with Gasteiger partial charge in [-0.1, -0.05) is 39.8 Å². The highest BCUT2D eigenvalue weighted by Crippen LogP contribution is 2.28. The third kappa shape index (κ3) is 5.91.